The summed E-state index contributed by atoms with van der Waals surface area (Å²) in [6.45, 7) is 2.00. The van der Waals surface area contributed by atoms with Crippen LogP contribution in [-0.4, -0.2) is 22.5 Å². The summed E-state index contributed by atoms with van der Waals surface area (Å²) in [5, 5.41) is 3.91. The molecule has 0 bridgehead atoms. The molecule has 1 N–H and O–H groups in total. The van der Waals surface area contributed by atoms with Crippen LogP contribution in [-0.2, 0) is 24.1 Å². The van der Waals surface area contributed by atoms with Crippen molar-refractivity contribution >= 4 is 33.1 Å². The van der Waals surface area contributed by atoms with Gasteiger partial charge >= 0.3 is 0 Å². The van der Waals surface area contributed by atoms with E-state index in [2.05, 4.69) is 22.2 Å². The standard InChI is InChI=1S/C19H19N3O2S/c1-2-12-6-3-4-8-14(12)22-16(23)10-24-18-17-13-7-5-9-15(13)25-19(17)21-11-20-18/h3-4,6,8,11H,2,5,7,9-10H2,1H3,(H,22,23). The van der Waals surface area contributed by atoms with Crippen molar-refractivity contribution in [3.63, 3.8) is 0 Å². The van der Waals surface area contributed by atoms with Crippen LogP contribution in [0.3, 0.4) is 0 Å². The van der Waals surface area contributed by atoms with Gasteiger partial charge < -0.3 is 10.1 Å². The molecule has 1 amide bonds. The van der Waals surface area contributed by atoms with E-state index in [0.717, 1.165) is 40.7 Å². The fourth-order valence-electron chi connectivity index (χ4n) is 3.28. The van der Waals surface area contributed by atoms with Crippen LogP contribution in [0.5, 0.6) is 5.88 Å². The molecule has 0 saturated carbocycles. The lowest BCUT2D eigenvalue weighted by atomic mass is 10.1. The van der Waals surface area contributed by atoms with E-state index in [1.807, 2.05) is 24.3 Å². The second kappa shape index (κ2) is 6.80. The zero-order valence-corrected chi connectivity index (χ0v) is 14.9. The molecule has 0 saturated heterocycles. The first-order valence-corrected chi connectivity index (χ1v) is 9.33. The van der Waals surface area contributed by atoms with Gasteiger partial charge in [0, 0.05) is 10.6 Å². The minimum atomic E-state index is -0.181. The van der Waals surface area contributed by atoms with Crippen molar-refractivity contribution in [2.75, 3.05) is 11.9 Å². The van der Waals surface area contributed by atoms with Crippen molar-refractivity contribution in [2.24, 2.45) is 0 Å². The monoisotopic (exact) mass is 353 g/mol. The average molecular weight is 353 g/mol. The second-order valence-electron chi connectivity index (χ2n) is 6.06. The number of nitrogens with zero attached hydrogens (tertiary/aromatic N) is 2. The third-order valence-electron chi connectivity index (χ3n) is 4.48. The zero-order chi connectivity index (χ0) is 17.2. The number of anilines is 1. The first-order valence-electron chi connectivity index (χ1n) is 8.52. The quantitative estimate of drug-likeness (QED) is 0.758. The van der Waals surface area contributed by atoms with Gasteiger partial charge in [0.15, 0.2) is 6.61 Å². The van der Waals surface area contributed by atoms with Gasteiger partial charge in [0.2, 0.25) is 5.88 Å². The number of para-hydroxylation sites is 1. The molecule has 0 spiro atoms. The fourth-order valence-corrected chi connectivity index (χ4v) is 4.50. The molecule has 5 nitrogen and oxygen atoms in total. The number of rotatable bonds is 5. The number of nitrogens with one attached hydrogen (secondary N) is 1. The molecule has 0 fully saturated rings. The van der Waals surface area contributed by atoms with Crippen LogP contribution in [0.25, 0.3) is 10.2 Å². The van der Waals surface area contributed by atoms with Gasteiger partial charge in [-0.05, 0) is 42.9 Å². The van der Waals surface area contributed by atoms with E-state index < -0.39 is 0 Å². The number of aryl methyl sites for hydroxylation is 3. The van der Waals surface area contributed by atoms with Crippen molar-refractivity contribution in [1.29, 1.82) is 0 Å². The predicted molar refractivity (Wildman–Crippen MR) is 99.4 cm³/mol. The number of hydrogen-bond acceptors (Lipinski definition) is 5. The number of amides is 1. The van der Waals surface area contributed by atoms with E-state index in [9.17, 15) is 4.79 Å². The number of benzene rings is 1. The van der Waals surface area contributed by atoms with Gasteiger partial charge in [0.1, 0.15) is 11.2 Å². The topological polar surface area (TPSA) is 64.1 Å². The van der Waals surface area contributed by atoms with Gasteiger partial charge in [-0.15, -0.1) is 11.3 Å². The highest BCUT2D eigenvalue weighted by atomic mass is 32.1. The highest BCUT2D eigenvalue weighted by molar-refractivity contribution is 7.18. The van der Waals surface area contributed by atoms with Crippen LogP contribution in [0.15, 0.2) is 30.6 Å². The highest BCUT2D eigenvalue weighted by Crippen LogP contribution is 2.39. The molecule has 0 atom stereocenters. The Morgan fingerprint density at radius 3 is 3.04 bits per heavy atom. The molecule has 25 heavy (non-hydrogen) atoms. The Morgan fingerprint density at radius 1 is 1.28 bits per heavy atom. The maximum Gasteiger partial charge on any atom is 0.262 e. The number of fused-ring (bicyclic) bond motifs is 3. The predicted octanol–water partition coefficient (Wildman–Crippen LogP) is 3.76. The number of carbonyl (C=O) groups excluding carboxylic acids is 1. The lowest BCUT2D eigenvalue weighted by Crippen LogP contribution is -2.21. The number of thiophene rings is 1. The maximum atomic E-state index is 12.3. The number of carbonyl (C=O) groups is 1. The Balaban J connectivity index is 1.50. The Hall–Kier alpha value is -2.47. The fraction of sp³-hybridized carbons (Fsp3) is 0.316. The van der Waals surface area contributed by atoms with Gasteiger partial charge in [0.05, 0.1) is 5.39 Å². The molecular weight excluding hydrogens is 334 g/mol. The first kappa shape index (κ1) is 16.0. The Bertz CT molecular complexity index is 936. The normalized spacial score (nSPS) is 13.0. The highest BCUT2D eigenvalue weighted by Gasteiger charge is 2.22. The van der Waals surface area contributed by atoms with E-state index in [4.69, 9.17) is 4.74 Å². The molecule has 128 valence electrons. The lowest BCUT2D eigenvalue weighted by Gasteiger charge is -2.10. The van der Waals surface area contributed by atoms with E-state index in [1.165, 1.54) is 23.2 Å². The van der Waals surface area contributed by atoms with Crippen LogP contribution < -0.4 is 10.1 Å². The Labute approximate surface area is 150 Å². The minimum absolute atomic E-state index is 0.0607. The van der Waals surface area contributed by atoms with Crippen LogP contribution in [0, 0.1) is 0 Å². The van der Waals surface area contributed by atoms with Gasteiger partial charge in [-0.2, -0.15) is 0 Å². The SMILES string of the molecule is CCc1ccccc1NC(=O)COc1ncnc2sc3c(c12)CCC3. The van der Waals surface area contributed by atoms with Crippen LogP contribution in [0.4, 0.5) is 5.69 Å². The van der Waals surface area contributed by atoms with Gasteiger partial charge in [-0.1, -0.05) is 25.1 Å². The molecule has 1 aromatic carbocycles. The summed E-state index contributed by atoms with van der Waals surface area (Å²) in [5.41, 5.74) is 3.24. The summed E-state index contributed by atoms with van der Waals surface area (Å²) < 4.78 is 5.75. The van der Waals surface area contributed by atoms with E-state index in [0.29, 0.717) is 5.88 Å². The Morgan fingerprint density at radius 2 is 2.16 bits per heavy atom. The summed E-state index contributed by atoms with van der Waals surface area (Å²) in [7, 11) is 0. The maximum absolute atomic E-state index is 12.3. The summed E-state index contributed by atoms with van der Waals surface area (Å²) >= 11 is 1.71. The molecule has 0 aliphatic heterocycles. The molecule has 6 heteroatoms. The largest absolute Gasteiger partial charge is 0.467 e. The minimum Gasteiger partial charge on any atom is -0.467 e. The van der Waals surface area contributed by atoms with Crippen molar-refractivity contribution in [2.45, 2.75) is 32.6 Å². The summed E-state index contributed by atoms with van der Waals surface area (Å²) in [6.07, 6.45) is 5.68. The van der Waals surface area contributed by atoms with Crippen LogP contribution >= 0.6 is 11.3 Å². The Kier molecular flexibility index (Phi) is 4.36. The van der Waals surface area contributed by atoms with Crippen molar-refractivity contribution in [3.05, 3.63) is 46.6 Å². The molecule has 4 rings (SSSR count). The second-order valence-corrected chi connectivity index (χ2v) is 7.15. The average Bonchev–Trinajstić information content (AvgIpc) is 3.21. The zero-order valence-electron chi connectivity index (χ0n) is 14.0. The molecule has 1 aliphatic rings. The molecule has 2 heterocycles. The number of aromatic nitrogens is 2. The van der Waals surface area contributed by atoms with Crippen molar-refractivity contribution in [1.82, 2.24) is 9.97 Å². The van der Waals surface area contributed by atoms with Gasteiger partial charge in [-0.25, -0.2) is 9.97 Å². The van der Waals surface area contributed by atoms with Crippen molar-refractivity contribution < 1.29 is 9.53 Å². The lowest BCUT2D eigenvalue weighted by molar-refractivity contribution is -0.118. The van der Waals surface area contributed by atoms with Gasteiger partial charge in [0.25, 0.3) is 5.91 Å². The van der Waals surface area contributed by atoms with Gasteiger partial charge in [-0.3, -0.25) is 4.79 Å². The summed E-state index contributed by atoms with van der Waals surface area (Å²) in [5.74, 6) is 0.336. The molecule has 0 radical (unpaired) electrons. The molecule has 3 aromatic rings. The molecular formula is C19H19N3O2S. The molecule has 2 aromatic heterocycles. The van der Waals surface area contributed by atoms with E-state index >= 15 is 0 Å². The summed E-state index contributed by atoms with van der Waals surface area (Å²) in [6, 6.07) is 7.81. The van der Waals surface area contributed by atoms with Crippen LogP contribution in [0.2, 0.25) is 0 Å². The van der Waals surface area contributed by atoms with Crippen LogP contribution in [0.1, 0.15) is 29.3 Å². The molecule has 0 unspecified atom stereocenters. The third kappa shape index (κ3) is 3.09. The first-order chi connectivity index (χ1) is 12.3. The number of ether oxygens (including phenoxy) is 1. The number of hydrogen-bond donors (Lipinski definition) is 1. The van der Waals surface area contributed by atoms with E-state index in [-0.39, 0.29) is 12.5 Å². The van der Waals surface area contributed by atoms with Crippen molar-refractivity contribution in [3.8, 4) is 5.88 Å². The smallest absolute Gasteiger partial charge is 0.262 e. The molecule has 1 aliphatic carbocycles. The third-order valence-corrected chi connectivity index (χ3v) is 5.68. The summed E-state index contributed by atoms with van der Waals surface area (Å²) in [4.78, 5) is 23.2. The van der Waals surface area contributed by atoms with E-state index in [1.54, 1.807) is 11.3 Å².